The summed E-state index contributed by atoms with van der Waals surface area (Å²) >= 11 is 0. The largest absolute Gasteiger partial charge is 0.313 e. The van der Waals surface area contributed by atoms with Crippen molar-refractivity contribution in [3.05, 3.63) is 35.1 Å². The van der Waals surface area contributed by atoms with Crippen molar-refractivity contribution in [2.75, 3.05) is 7.05 Å². The highest BCUT2D eigenvalue weighted by molar-refractivity contribution is 5.24. The fraction of sp³-hybridized carbons (Fsp3) is 0.625. The molecule has 1 nitrogen and oxygen atoms in total. The van der Waals surface area contributed by atoms with Crippen LogP contribution in [0, 0.1) is 23.4 Å². The summed E-state index contributed by atoms with van der Waals surface area (Å²) in [6.07, 6.45) is 7.91. The lowest BCUT2D eigenvalue weighted by Crippen LogP contribution is -2.27. The third-order valence-electron chi connectivity index (χ3n) is 4.31. The van der Waals surface area contributed by atoms with Gasteiger partial charge in [0.25, 0.3) is 0 Å². The summed E-state index contributed by atoms with van der Waals surface area (Å²) in [7, 11) is 1.75. The van der Waals surface area contributed by atoms with E-state index in [0.717, 1.165) is 31.7 Å². The minimum Gasteiger partial charge on any atom is -0.313 e. The standard InChI is InChI=1S/C16H22F3N/c1-20-16(11-7-5-3-2-4-6-8-11)12-9-14(18)15(19)10-13(12)17/h9-11,16,20H,2-8H2,1H3. The van der Waals surface area contributed by atoms with E-state index in [1.807, 2.05) is 0 Å². The predicted molar refractivity (Wildman–Crippen MR) is 73.9 cm³/mol. The number of hydrogen-bond acceptors (Lipinski definition) is 1. The number of hydrogen-bond donors (Lipinski definition) is 1. The normalized spacial score (nSPS) is 19.4. The molecule has 0 amide bonds. The maximum absolute atomic E-state index is 14.0. The topological polar surface area (TPSA) is 12.0 Å². The predicted octanol–water partition coefficient (Wildman–Crippen LogP) is 4.72. The molecule has 20 heavy (non-hydrogen) atoms. The number of halogens is 3. The molecule has 4 heteroatoms. The molecule has 2 rings (SSSR count). The van der Waals surface area contributed by atoms with Crippen molar-refractivity contribution >= 4 is 0 Å². The molecule has 1 aliphatic rings. The third kappa shape index (κ3) is 3.54. The summed E-state index contributed by atoms with van der Waals surface area (Å²) < 4.78 is 40.4. The van der Waals surface area contributed by atoms with Gasteiger partial charge in [0.05, 0.1) is 0 Å². The Kier molecular flexibility index (Phi) is 5.46. The fourth-order valence-electron chi connectivity index (χ4n) is 3.24. The minimum absolute atomic E-state index is 0.247. The Hall–Kier alpha value is -1.03. The van der Waals surface area contributed by atoms with E-state index in [9.17, 15) is 13.2 Å². The maximum atomic E-state index is 14.0. The van der Waals surface area contributed by atoms with Crippen LogP contribution in [0.1, 0.15) is 56.6 Å². The average molecular weight is 285 g/mol. The van der Waals surface area contributed by atoms with Gasteiger partial charge in [-0.15, -0.1) is 0 Å². The second-order valence-electron chi connectivity index (χ2n) is 5.66. The van der Waals surface area contributed by atoms with E-state index in [0.29, 0.717) is 6.07 Å². The van der Waals surface area contributed by atoms with Gasteiger partial charge in [-0.05, 0) is 31.9 Å². The van der Waals surface area contributed by atoms with E-state index >= 15 is 0 Å². The Morgan fingerprint density at radius 3 is 2.05 bits per heavy atom. The molecule has 0 spiro atoms. The Balaban J connectivity index is 2.24. The SMILES string of the molecule is CNC(c1cc(F)c(F)cc1F)C1CCCCCCC1. The molecule has 0 heterocycles. The molecule has 1 fully saturated rings. The van der Waals surface area contributed by atoms with Crippen LogP contribution in [0.15, 0.2) is 12.1 Å². The summed E-state index contributed by atoms with van der Waals surface area (Å²) in [6.45, 7) is 0. The van der Waals surface area contributed by atoms with Crippen molar-refractivity contribution < 1.29 is 13.2 Å². The molecule has 1 N–H and O–H groups in total. The highest BCUT2D eigenvalue weighted by Crippen LogP contribution is 2.34. The highest BCUT2D eigenvalue weighted by Gasteiger charge is 2.26. The van der Waals surface area contributed by atoms with Crippen molar-refractivity contribution in [1.82, 2.24) is 5.32 Å². The Morgan fingerprint density at radius 2 is 1.45 bits per heavy atom. The zero-order valence-corrected chi connectivity index (χ0v) is 11.9. The molecule has 0 aromatic heterocycles. The molecular formula is C16H22F3N. The Bertz CT molecular complexity index is 440. The highest BCUT2D eigenvalue weighted by atomic mass is 19.2. The lowest BCUT2D eigenvalue weighted by atomic mass is 9.82. The van der Waals surface area contributed by atoms with Crippen LogP contribution in [0.3, 0.4) is 0 Å². The maximum Gasteiger partial charge on any atom is 0.161 e. The van der Waals surface area contributed by atoms with E-state index in [1.54, 1.807) is 7.05 Å². The molecule has 0 radical (unpaired) electrons. The third-order valence-corrected chi connectivity index (χ3v) is 4.31. The summed E-state index contributed by atoms with van der Waals surface area (Å²) in [5.41, 5.74) is 0.247. The number of benzene rings is 1. The number of rotatable bonds is 3. The lowest BCUT2D eigenvalue weighted by molar-refractivity contribution is 0.292. The molecule has 0 bridgehead atoms. The van der Waals surface area contributed by atoms with Crippen LogP contribution in [-0.4, -0.2) is 7.05 Å². The van der Waals surface area contributed by atoms with Gasteiger partial charge in [0.1, 0.15) is 5.82 Å². The summed E-state index contributed by atoms with van der Waals surface area (Å²) in [5.74, 6) is -2.49. The Morgan fingerprint density at radius 1 is 0.900 bits per heavy atom. The van der Waals surface area contributed by atoms with E-state index in [-0.39, 0.29) is 17.5 Å². The molecule has 1 unspecified atom stereocenters. The van der Waals surface area contributed by atoms with Crippen LogP contribution in [0.5, 0.6) is 0 Å². The monoisotopic (exact) mass is 285 g/mol. The zero-order valence-electron chi connectivity index (χ0n) is 11.9. The van der Waals surface area contributed by atoms with Gasteiger partial charge in [-0.25, -0.2) is 13.2 Å². The average Bonchev–Trinajstić information content (AvgIpc) is 2.38. The number of nitrogens with one attached hydrogen (secondary N) is 1. The zero-order chi connectivity index (χ0) is 14.5. The first kappa shape index (κ1) is 15.4. The van der Waals surface area contributed by atoms with Gasteiger partial charge >= 0.3 is 0 Å². The van der Waals surface area contributed by atoms with Crippen molar-refractivity contribution in [2.24, 2.45) is 5.92 Å². The molecular weight excluding hydrogens is 263 g/mol. The second-order valence-corrected chi connectivity index (χ2v) is 5.66. The Labute approximate surface area is 118 Å². The molecule has 1 saturated carbocycles. The van der Waals surface area contributed by atoms with E-state index < -0.39 is 17.5 Å². The molecule has 1 aromatic carbocycles. The van der Waals surface area contributed by atoms with Crippen LogP contribution < -0.4 is 5.32 Å². The van der Waals surface area contributed by atoms with Gasteiger partial charge in [0, 0.05) is 17.7 Å². The first-order valence-electron chi connectivity index (χ1n) is 7.45. The first-order chi connectivity index (χ1) is 9.63. The van der Waals surface area contributed by atoms with Gasteiger partial charge in [-0.2, -0.15) is 0 Å². The van der Waals surface area contributed by atoms with Crippen LogP contribution in [-0.2, 0) is 0 Å². The van der Waals surface area contributed by atoms with Crippen molar-refractivity contribution in [2.45, 2.75) is 51.0 Å². The van der Waals surface area contributed by atoms with Crippen molar-refractivity contribution in [3.63, 3.8) is 0 Å². The van der Waals surface area contributed by atoms with Gasteiger partial charge < -0.3 is 5.32 Å². The van der Waals surface area contributed by atoms with E-state index in [4.69, 9.17) is 0 Å². The van der Waals surface area contributed by atoms with Crippen LogP contribution in [0.25, 0.3) is 0 Å². The fourth-order valence-corrected chi connectivity index (χ4v) is 3.24. The molecule has 112 valence electrons. The van der Waals surface area contributed by atoms with Gasteiger partial charge in [0.15, 0.2) is 11.6 Å². The molecule has 0 aliphatic heterocycles. The van der Waals surface area contributed by atoms with Crippen LogP contribution >= 0.6 is 0 Å². The minimum atomic E-state index is -1.13. The second kappa shape index (κ2) is 7.11. The first-order valence-corrected chi connectivity index (χ1v) is 7.45. The van der Waals surface area contributed by atoms with E-state index in [2.05, 4.69) is 5.32 Å². The van der Waals surface area contributed by atoms with Gasteiger partial charge in [-0.3, -0.25) is 0 Å². The summed E-state index contributed by atoms with van der Waals surface area (Å²) in [6, 6.07) is 1.41. The lowest BCUT2D eigenvalue weighted by Gasteiger charge is -2.29. The van der Waals surface area contributed by atoms with Crippen molar-refractivity contribution in [3.8, 4) is 0 Å². The van der Waals surface area contributed by atoms with Gasteiger partial charge in [-0.1, -0.05) is 32.1 Å². The smallest absolute Gasteiger partial charge is 0.161 e. The molecule has 1 aromatic rings. The van der Waals surface area contributed by atoms with E-state index in [1.165, 1.54) is 19.3 Å². The molecule has 0 saturated heterocycles. The van der Waals surface area contributed by atoms with Crippen molar-refractivity contribution in [1.29, 1.82) is 0 Å². The summed E-state index contributed by atoms with van der Waals surface area (Å²) in [4.78, 5) is 0. The summed E-state index contributed by atoms with van der Waals surface area (Å²) in [5, 5.41) is 3.09. The molecule has 1 aliphatic carbocycles. The quantitative estimate of drug-likeness (QED) is 0.792. The van der Waals surface area contributed by atoms with Crippen LogP contribution in [0.4, 0.5) is 13.2 Å². The van der Waals surface area contributed by atoms with Crippen LogP contribution in [0.2, 0.25) is 0 Å². The van der Waals surface area contributed by atoms with Gasteiger partial charge in [0.2, 0.25) is 0 Å². The molecule has 1 atom stereocenters.